The van der Waals surface area contributed by atoms with Crippen molar-refractivity contribution in [3.8, 4) is 5.75 Å². The molecule has 0 saturated carbocycles. The van der Waals surface area contributed by atoms with Crippen molar-refractivity contribution in [1.82, 2.24) is 4.90 Å². The van der Waals surface area contributed by atoms with E-state index in [1.165, 1.54) is 0 Å². The first-order valence-electron chi connectivity index (χ1n) is 6.92. The van der Waals surface area contributed by atoms with Crippen LogP contribution in [0.25, 0.3) is 0 Å². The van der Waals surface area contributed by atoms with Gasteiger partial charge in [-0.25, -0.2) is 0 Å². The average molecular weight is 311 g/mol. The lowest BCUT2D eigenvalue weighted by Gasteiger charge is -2.23. The second-order valence-corrected chi connectivity index (χ2v) is 5.59. The van der Waals surface area contributed by atoms with Crippen molar-refractivity contribution in [2.45, 2.75) is 13.3 Å². The van der Waals surface area contributed by atoms with Crippen LogP contribution in [0.1, 0.15) is 23.7 Å². The number of halogens is 1. The molecule has 1 aliphatic rings. The minimum Gasteiger partial charge on any atom is -0.489 e. The standard InChI is InChI=1S/C16H22N2O2.ClH/c1-3-10-20-14-7-5-4-6-13(14)15(19)18-9-8-16(2,11-17)12-18;/h3-7H,1,8-12,17H2,2H3;1H. The van der Waals surface area contributed by atoms with E-state index < -0.39 is 0 Å². The molecular weight excluding hydrogens is 288 g/mol. The van der Waals surface area contributed by atoms with Gasteiger partial charge in [0.25, 0.3) is 5.91 Å². The highest BCUT2D eigenvalue weighted by atomic mass is 35.5. The van der Waals surface area contributed by atoms with E-state index in [1.54, 1.807) is 12.1 Å². The van der Waals surface area contributed by atoms with Crippen LogP contribution in [0.5, 0.6) is 5.75 Å². The Labute approximate surface area is 132 Å². The molecule has 2 N–H and O–H groups in total. The molecule has 1 unspecified atom stereocenters. The fourth-order valence-electron chi connectivity index (χ4n) is 2.45. The number of likely N-dealkylation sites (tertiary alicyclic amines) is 1. The summed E-state index contributed by atoms with van der Waals surface area (Å²) in [6.45, 7) is 8.20. The molecule has 1 amide bonds. The van der Waals surface area contributed by atoms with Crippen molar-refractivity contribution in [2.24, 2.45) is 11.1 Å². The van der Waals surface area contributed by atoms with Gasteiger partial charge in [-0.3, -0.25) is 4.79 Å². The van der Waals surface area contributed by atoms with Crippen molar-refractivity contribution >= 4 is 18.3 Å². The monoisotopic (exact) mass is 310 g/mol. The van der Waals surface area contributed by atoms with Gasteiger partial charge >= 0.3 is 0 Å². The fourth-order valence-corrected chi connectivity index (χ4v) is 2.45. The molecule has 1 fully saturated rings. The van der Waals surface area contributed by atoms with E-state index in [4.69, 9.17) is 10.5 Å². The molecule has 0 aromatic heterocycles. The summed E-state index contributed by atoms with van der Waals surface area (Å²) in [5.74, 6) is 0.626. The maximum atomic E-state index is 12.6. The Bertz CT molecular complexity index is 507. The van der Waals surface area contributed by atoms with Gasteiger partial charge in [0, 0.05) is 13.1 Å². The van der Waals surface area contributed by atoms with Gasteiger partial charge < -0.3 is 15.4 Å². The molecule has 0 radical (unpaired) electrons. The zero-order chi connectivity index (χ0) is 14.6. The quantitative estimate of drug-likeness (QED) is 0.850. The minimum absolute atomic E-state index is 0. The summed E-state index contributed by atoms with van der Waals surface area (Å²) in [6, 6.07) is 7.34. The van der Waals surface area contributed by atoms with Crippen LogP contribution in [-0.2, 0) is 0 Å². The first-order valence-corrected chi connectivity index (χ1v) is 6.92. The predicted molar refractivity (Wildman–Crippen MR) is 87.1 cm³/mol. The number of carbonyl (C=O) groups excluding carboxylic acids is 1. The van der Waals surface area contributed by atoms with Crippen LogP contribution in [0, 0.1) is 5.41 Å². The van der Waals surface area contributed by atoms with E-state index in [9.17, 15) is 4.79 Å². The Morgan fingerprint density at radius 1 is 1.52 bits per heavy atom. The van der Waals surface area contributed by atoms with Gasteiger partial charge in [-0.2, -0.15) is 0 Å². The smallest absolute Gasteiger partial charge is 0.257 e. The predicted octanol–water partition coefficient (Wildman–Crippen LogP) is 2.48. The van der Waals surface area contributed by atoms with Crippen molar-refractivity contribution < 1.29 is 9.53 Å². The number of hydrogen-bond acceptors (Lipinski definition) is 3. The third-order valence-electron chi connectivity index (χ3n) is 3.81. The van der Waals surface area contributed by atoms with Crippen molar-refractivity contribution in [3.05, 3.63) is 42.5 Å². The van der Waals surface area contributed by atoms with Gasteiger partial charge in [-0.05, 0) is 30.5 Å². The van der Waals surface area contributed by atoms with Gasteiger partial charge in [0.1, 0.15) is 12.4 Å². The fraction of sp³-hybridized carbons (Fsp3) is 0.438. The zero-order valence-electron chi connectivity index (χ0n) is 12.4. The summed E-state index contributed by atoms with van der Waals surface area (Å²) in [5, 5.41) is 0. The zero-order valence-corrected chi connectivity index (χ0v) is 13.2. The maximum Gasteiger partial charge on any atom is 0.257 e. The van der Waals surface area contributed by atoms with E-state index in [0.29, 0.717) is 31.0 Å². The molecule has 1 aromatic rings. The summed E-state index contributed by atoms with van der Waals surface area (Å²) in [7, 11) is 0. The lowest BCUT2D eigenvalue weighted by atomic mass is 9.90. The van der Waals surface area contributed by atoms with E-state index in [0.717, 1.165) is 13.0 Å². The molecular formula is C16H23ClN2O2. The molecule has 0 bridgehead atoms. The van der Waals surface area contributed by atoms with Crippen LogP contribution in [0.3, 0.4) is 0 Å². The van der Waals surface area contributed by atoms with Crippen molar-refractivity contribution in [2.75, 3.05) is 26.2 Å². The lowest BCUT2D eigenvalue weighted by Crippen LogP contribution is -2.34. The maximum absolute atomic E-state index is 12.6. The summed E-state index contributed by atoms with van der Waals surface area (Å²) in [4.78, 5) is 14.5. The Kier molecular flexibility index (Phi) is 6.24. The van der Waals surface area contributed by atoms with E-state index in [2.05, 4.69) is 13.5 Å². The molecule has 0 aliphatic carbocycles. The first-order chi connectivity index (χ1) is 9.59. The Balaban J connectivity index is 0.00000220. The number of para-hydroxylation sites is 1. The number of ether oxygens (including phenoxy) is 1. The molecule has 1 saturated heterocycles. The van der Waals surface area contributed by atoms with Gasteiger partial charge in [-0.15, -0.1) is 12.4 Å². The van der Waals surface area contributed by atoms with Gasteiger partial charge in [-0.1, -0.05) is 31.7 Å². The summed E-state index contributed by atoms with van der Waals surface area (Å²) >= 11 is 0. The topological polar surface area (TPSA) is 55.6 Å². The first kappa shape index (κ1) is 17.5. The highest BCUT2D eigenvalue weighted by Gasteiger charge is 2.35. The molecule has 4 nitrogen and oxygen atoms in total. The summed E-state index contributed by atoms with van der Waals surface area (Å²) < 4.78 is 5.56. The van der Waals surface area contributed by atoms with Crippen LogP contribution in [0.15, 0.2) is 36.9 Å². The molecule has 0 spiro atoms. The molecule has 5 heteroatoms. The Hall–Kier alpha value is -1.52. The van der Waals surface area contributed by atoms with Gasteiger partial charge in [0.2, 0.25) is 0 Å². The SMILES string of the molecule is C=CCOc1ccccc1C(=O)N1CCC(C)(CN)C1.Cl. The summed E-state index contributed by atoms with van der Waals surface area (Å²) in [5.41, 5.74) is 6.43. The number of nitrogens with two attached hydrogens (primary N) is 1. The van der Waals surface area contributed by atoms with Crippen LogP contribution < -0.4 is 10.5 Å². The largest absolute Gasteiger partial charge is 0.489 e. The third-order valence-corrected chi connectivity index (χ3v) is 3.81. The van der Waals surface area contributed by atoms with Crippen molar-refractivity contribution in [3.63, 3.8) is 0 Å². The number of nitrogens with zero attached hydrogens (tertiary/aromatic N) is 1. The summed E-state index contributed by atoms with van der Waals surface area (Å²) in [6.07, 6.45) is 2.62. The Morgan fingerprint density at radius 3 is 2.86 bits per heavy atom. The molecule has 116 valence electrons. The third kappa shape index (κ3) is 3.99. The number of benzene rings is 1. The number of hydrogen-bond donors (Lipinski definition) is 1. The van der Waals surface area contributed by atoms with Gasteiger partial charge in [0.15, 0.2) is 0 Å². The lowest BCUT2D eigenvalue weighted by molar-refractivity contribution is 0.0773. The van der Waals surface area contributed by atoms with Crippen molar-refractivity contribution in [1.29, 1.82) is 0 Å². The van der Waals surface area contributed by atoms with E-state index >= 15 is 0 Å². The molecule has 1 aromatic carbocycles. The number of carbonyl (C=O) groups is 1. The number of rotatable bonds is 5. The van der Waals surface area contributed by atoms with E-state index in [-0.39, 0.29) is 23.7 Å². The van der Waals surface area contributed by atoms with Crippen LogP contribution in [0.4, 0.5) is 0 Å². The highest BCUT2D eigenvalue weighted by molar-refractivity contribution is 5.97. The molecule has 1 atom stereocenters. The molecule has 1 heterocycles. The Morgan fingerprint density at radius 2 is 2.24 bits per heavy atom. The van der Waals surface area contributed by atoms with Crippen LogP contribution in [-0.4, -0.2) is 37.0 Å². The highest BCUT2D eigenvalue weighted by Crippen LogP contribution is 2.31. The van der Waals surface area contributed by atoms with E-state index in [1.807, 2.05) is 23.1 Å². The molecule has 21 heavy (non-hydrogen) atoms. The normalized spacial score (nSPS) is 20.8. The second kappa shape index (κ2) is 7.48. The number of amides is 1. The minimum atomic E-state index is 0. The molecule has 1 aliphatic heterocycles. The van der Waals surface area contributed by atoms with Crippen LogP contribution in [0.2, 0.25) is 0 Å². The van der Waals surface area contributed by atoms with Gasteiger partial charge in [0.05, 0.1) is 5.56 Å². The average Bonchev–Trinajstić information content (AvgIpc) is 2.88. The second-order valence-electron chi connectivity index (χ2n) is 5.59. The van der Waals surface area contributed by atoms with Crippen LogP contribution >= 0.6 is 12.4 Å². The molecule has 2 rings (SSSR count).